The molecule has 1 aliphatic rings. The van der Waals surface area contributed by atoms with Crippen molar-refractivity contribution in [2.24, 2.45) is 5.92 Å². The molecule has 0 saturated carbocycles. The molecule has 1 amide bonds. The molecule has 0 aromatic heterocycles. The number of methoxy groups -OCH3 is 1. The van der Waals surface area contributed by atoms with Crippen molar-refractivity contribution in [1.82, 2.24) is 10.2 Å². The van der Waals surface area contributed by atoms with Crippen molar-refractivity contribution >= 4 is 17.5 Å². The average molecular weight is 387 g/mol. The van der Waals surface area contributed by atoms with Gasteiger partial charge in [-0.25, -0.2) is 0 Å². The predicted molar refractivity (Wildman–Crippen MR) is 109 cm³/mol. The van der Waals surface area contributed by atoms with Crippen LogP contribution in [-0.2, 0) is 16.1 Å². The number of amides is 1. The van der Waals surface area contributed by atoms with E-state index in [1.54, 1.807) is 7.11 Å². The summed E-state index contributed by atoms with van der Waals surface area (Å²) in [5, 5.41) is 3.73. The van der Waals surface area contributed by atoms with Gasteiger partial charge in [-0.3, -0.25) is 9.69 Å². The number of hydrogen-bond donors (Lipinski definition) is 1. The lowest BCUT2D eigenvalue weighted by Gasteiger charge is -2.39. The molecule has 2 atom stereocenters. The van der Waals surface area contributed by atoms with Crippen molar-refractivity contribution < 1.29 is 9.53 Å². The van der Waals surface area contributed by atoms with Crippen LogP contribution in [0.1, 0.15) is 30.0 Å². The van der Waals surface area contributed by atoms with E-state index in [9.17, 15) is 4.79 Å². The number of carbonyl (C=O) groups excluding carboxylic acids is 1. The Bertz CT molecular complexity index is 738. The van der Waals surface area contributed by atoms with E-state index in [1.165, 1.54) is 11.1 Å². The van der Waals surface area contributed by atoms with Crippen LogP contribution in [0.25, 0.3) is 0 Å². The molecule has 3 rings (SSSR count). The topological polar surface area (TPSA) is 41.6 Å². The second-order valence-electron chi connectivity index (χ2n) is 7.04. The Morgan fingerprint density at radius 3 is 2.74 bits per heavy atom. The van der Waals surface area contributed by atoms with Gasteiger partial charge in [-0.1, -0.05) is 54.1 Å². The molecule has 0 bridgehead atoms. The lowest BCUT2D eigenvalue weighted by molar-refractivity contribution is -0.127. The van der Waals surface area contributed by atoms with E-state index in [1.807, 2.05) is 24.3 Å². The number of nitrogens with zero attached hydrogens (tertiary/aromatic N) is 1. The van der Waals surface area contributed by atoms with Crippen LogP contribution in [0.4, 0.5) is 0 Å². The van der Waals surface area contributed by atoms with Gasteiger partial charge in [0, 0.05) is 37.8 Å². The molecule has 0 unspecified atom stereocenters. The van der Waals surface area contributed by atoms with Crippen LogP contribution in [0.5, 0.6) is 0 Å². The molecule has 27 heavy (non-hydrogen) atoms. The summed E-state index contributed by atoms with van der Waals surface area (Å²) < 4.78 is 5.03. The molecule has 1 fully saturated rings. The molecule has 2 aromatic carbocycles. The van der Waals surface area contributed by atoms with Gasteiger partial charge in [-0.05, 0) is 36.1 Å². The van der Waals surface area contributed by atoms with Crippen molar-refractivity contribution in [2.45, 2.75) is 25.4 Å². The summed E-state index contributed by atoms with van der Waals surface area (Å²) in [6.07, 6.45) is 1.86. The predicted octanol–water partition coefficient (Wildman–Crippen LogP) is 4.06. The molecule has 0 radical (unpaired) electrons. The first-order valence-electron chi connectivity index (χ1n) is 9.47. The lowest BCUT2D eigenvalue weighted by atomic mass is 9.88. The molecule has 1 N–H and O–H groups in total. The number of ether oxygens (including phenoxy) is 1. The highest BCUT2D eigenvalue weighted by molar-refractivity contribution is 6.30. The number of benzene rings is 2. The van der Waals surface area contributed by atoms with E-state index in [0.29, 0.717) is 19.2 Å². The number of halogens is 1. The Balaban J connectivity index is 1.74. The van der Waals surface area contributed by atoms with Crippen LogP contribution in [0, 0.1) is 5.92 Å². The van der Waals surface area contributed by atoms with E-state index in [2.05, 4.69) is 40.5 Å². The summed E-state index contributed by atoms with van der Waals surface area (Å²) in [4.78, 5) is 15.0. The maximum Gasteiger partial charge on any atom is 0.224 e. The van der Waals surface area contributed by atoms with Crippen LogP contribution in [-0.4, -0.2) is 37.6 Å². The van der Waals surface area contributed by atoms with E-state index < -0.39 is 0 Å². The number of rotatable bonds is 7. The van der Waals surface area contributed by atoms with E-state index in [-0.39, 0.29) is 11.8 Å². The number of piperidine rings is 1. The van der Waals surface area contributed by atoms with E-state index in [0.717, 1.165) is 31.0 Å². The third kappa shape index (κ3) is 5.55. The monoisotopic (exact) mass is 386 g/mol. The van der Waals surface area contributed by atoms with Gasteiger partial charge in [-0.2, -0.15) is 0 Å². The third-order valence-electron chi connectivity index (χ3n) is 5.12. The maximum atomic E-state index is 12.6. The number of nitrogens with one attached hydrogen (secondary N) is 1. The molecular weight excluding hydrogens is 360 g/mol. The normalized spacial score (nSPS) is 20.4. The second-order valence-corrected chi connectivity index (χ2v) is 7.48. The Kier molecular flexibility index (Phi) is 7.27. The fraction of sp³-hybridized carbons (Fsp3) is 0.409. The number of hydrogen-bond acceptors (Lipinski definition) is 3. The van der Waals surface area contributed by atoms with Crippen LogP contribution >= 0.6 is 11.6 Å². The van der Waals surface area contributed by atoms with Crippen molar-refractivity contribution in [1.29, 1.82) is 0 Å². The first-order valence-corrected chi connectivity index (χ1v) is 9.85. The average Bonchev–Trinajstić information content (AvgIpc) is 2.69. The van der Waals surface area contributed by atoms with Crippen molar-refractivity contribution in [3.63, 3.8) is 0 Å². The van der Waals surface area contributed by atoms with Crippen LogP contribution in [0.2, 0.25) is 5.02 Å². The van der Waals surface area contributed by atoms with Gasteiger partial charge < -0.3 is 10.1 Å². The fourth-order valence-electron chi connectivity index (χ4n) is 3.78. The number of carbonyl (C=O) groups is 1. The molecule has 4 nitrogen and oxygen atoms in total. The summed E-state index contributed by atoms with van der Waals surface area (Å²) in [5.74, 6) is 0.121. The minimum Gasteiger partial charge on any atom is -0.383 e. The van der Waals surface area contributed by atoms with E-state index >= 15 is 0 Å². The zero-order valence-electron chi connectivity index (χ0n) is 15.7. The van der Waals surface area contributed by atoms with Gasteiger partial charge in [0.1, 0.15) is 0 Å². The summed E-state index contributed by atoms with van der Waals surface area (Å²) in [5.41, 5.74) is 2.47. The fourth-order valence-corrected chi connectivity index (χ4v) is 3.99. The maximum absolute atomic E-state index is 12.6. The Labute approximate surface area is 166 Å². The van der Waals surface area contributed by atoms with Crippen LogP contribution < -0.4 is 5.32 Å². The molecule has 0 aliphatic carbocycles. The highest BCUT2D eigenvalue weighted by Crippen LogP contribution is 2.34. The first-order chi connectivity index (χ1) is 13.2. The third-order valence-corrected chi connectivity index (χ3v) is 5.35. The second kappa shape index (κ2) is 9.88. The van der Waals surface area contributed by atoms with Gasteiger partial charge >= 0.3 is 0 Å². The first kappa shape index (κ1) is 19.9. The Morgan fingerprint density at radius 2 is 2.00 bits per heavy atom. The molecular formula is C22H27ClN2O2. The van der Waals surface area contributed by atoms with Crippen molar-refractivity contribution in [3.05, 3.63) is 70.7 Å². The highest BCUT2D eigenvalue weighted by atomic mass is 35.5. The minimum atomic E-state index is 0.000928. The van der Waals surface area contributed by atoms with Gasteiger partial charge in [0.05, 0.1) is 12.5 Å². The largest absolute Gasteiger partial charge is 0.383 e. The molecule has 1 saturated heterocycles. The lowest BCUT2D eigenvalue weighted by Crippen LogP contribution is -2.44. The van der Waals surface area contributed by atoms with Crippen molar-refractivity contribution in [2.75, 3.05) is 26.8 Å². The molecule has 2 aromatic rings. The van der Waals surface area contributed by atoms with Gasteiger partial charge in [0.25, 0.3) is 0 Å². The molecule has 144 valence electrons. The van der Waals surface area contributed by atoms with Gasteiger partial charge in [-0.15, -0.1) is 0 Å². The van der Waals surface area contributed by atoms with Gasteiger partial charge in [0.15, 0.2) is 0 Å². The molecule has 0 spiro atoms. The standard InChI is InChI=1S/C22H27ClN2O2/c1-27-13-12-24-22(26)19-10-11-21(18-7-3-2-4-8-18)25(16-19)15-17-6-5-9-20(23)14-17/h2-9,14,19,21H,10-13,15-16H2,1H3,(H,24,26)/t19-,21-/m0/s1. The van der Waals surface area contributed by atoms with E-state index in [4.69, 9.17) is 16.3 Å². The minimum absolute atomic E-state index is 0.000928. The number of likely N-dealkylation sites (tertiary alicyclic amines) is 1. The summed E-state index contributed by atoms with van der Waals surface area (Å²) in [6.45, 7) is 2.62. The molecule has 5 heteroatoms. The summed E-state index contributed by atoms with van der Waals surface area (Å²) in [7, 11) is 1.64. The molecule has 1 heterocycles. The summed E-state index contributed by atoms with van der Waals surface area (Å²) in [6, 6.07) is 18.8. The zero-order valence-corrected chi connectivity index (χ0v) is 16.5. The smallest absolute Gasteiger partial charge is 0.224 e. The van der Waals surface area contributed by atoms with Gasteiger partial charge in [0.2, 0.25) is 5.91 Å². The molecule has 1 aliphatic heterocycles. The Morgan fingerprint density at radius 1 is 1.19 bits per heavy atom. The van der Waals surface area contributed by atoms with Crippen LogP contribution in [0.15, 0.2) is 54.6 Å². The SMILES string of the molecule is COCCNC(=O)[C@H]1CC[C@@H](c2ccccc2)N(Cc2cccc(Cl)c2)C1. The Hall–Kier alpha value is -1.88. The summed E-state index contributed by atoms with van der Waals surface area (Å²) >= 11 is 6.17. The highest BCUT2D eigenvalue weighted by Gasteiger charge is 2.32. The van der Waals surface area contributed by atoms with Crippen LogP contribution in [0.3, 0.4) is 0 Å². The zero-order chi connectivity index (χ0) is 19.1. The van der Waals surface area contributed by atoms with Crippen molar-refractivity contribution in [3.8, 4) is 0 Å². The quantitative estimate of drug-likeness (QED) is 0.730.